The van der Waals surface area contributed by atoms with Gasteiger partial charge in [-0.2, -0.15) is 5.10 Å². The minimum atomic E-state index is -0.993. The number of nitrogens with zero attached hydrogens (tertiary/aromatic N) is 2. The number of anilines is 1. The summed E-state index contributed by atoms with van der Waals surface area (Å²) in [4.78, 5) is 11.4. The van der Waals surface area contributed by atoms with Crippen molar-refractivity contribution in [1.82, 2.24) is 10.2 Å². The van der Waals surface area contributed by atoms with E-state index in [4.69, 9.17) is 0 Å². The Morgan fingerprint density at radius 3 is 2.65 bits per heavy atom. The molecular formula is C15H17N3O2. The quantitative estimate of drug-likeness (QED) is 0.894. The summed E-state index contributed by atoms with van der Waals surface area (Å²) < 4.78 is 0. The molecule has 20 heavy (non-hydrogen) atoms. The van der Waals surface area contributed by atoms with Crippen LogP contribution in [-0.4, -0.2) is 21.3 Å². The standard InChI is InChI=1S/C15H17N3O2/c1-9-5-4-6-12(7-9)8-16-14-13(15(19)20)10(2)11(3)17-18-14/h4-7H,8H2,1-3H3,(H,16,18)(H,19,20). The molecule has 1 heterocycles. The van der Waals surface area contributed by atoms with Crippen LogP contribution in [0.15, 0.2) is 24.3 Å². The highest BCUT2D eigenvalue weighted by molar-refractivity contribution is 5.94. The molecule has 0 aliphatic rings. The Bertz CT molecular complexity index is 654. The molecule has 5 heteroatoms. The van der Waals surface area contributed by atoms with E-state index in [1.165, 1.54) is 0 Å². The first-order valence-corrected chi connectivity index (χ1v) is 6.35. The summed E-state index contributed by atoms with van der Waals surface area (Å²) in [6.45, 7) is 6.02. The zero-order valence-corrected chi connectivity index (χ0v) is 11.8. The summed E-state index contributed by atoms with van der Waals surface area (Å²) in [7, 11) is 0. The maximum absolute atomic E-state index is 11.4. The van der Waals surface area contributed by atoms with E-state index in [1.54, 1.807) is 13.8 Å². The number of hydrogen-bond donors (Lipinski definition) is 2. The normalized spacial score (nSPS) is 10.3. The molecule has 1 aromatic carbocycles. The second-order valence-electron chi connectivity index (χ2n) is 4.78. The van der Waals surface area contributed by atoms with Gasteiger partial charge in [-0.1, -0.05) is 29.8 Å². The first-order chi connectivity index (χ1) is 9.49. The van der Waals surface area contributed by atoms with E-state index in [0.717, 1.165) is 11.1 Å². The number of hydrogen-bond acceptors (Lipinski definition) is 4. The fraction of sp³-hybridized carbons (Fsp3) is 0.267. The van der Waals surface area contributed by atoms with Gasteiger partial charge in [0.25, 0.3) is 0 Å². The van der Waals surface area contributed by atoms with Gasteiger partial charge in [0.15, 0.2) is 5.82 Å². The van der Waals surface area contributed by atoms with Crippen LogP contribution >= 0.6 is 0 Å². The van der Waals surface area contributed by atoms with Gasteiger partial charge in [-0.15, -0.1) is 5.10 Å². The van der Waals surface area contributed by atoms with Gasteiger partial charge in [0, 0.05) is 6.54 Å². The van der Waals surface area contributed by atoms with Gasteiger partial charge in [0.05, 0.1) is 5.69 Å². The van der Waals surface area contributed by atoms with E-state index in [2.05, 4.69) is 15.5 Å². The summed E-state index contributed by atoms with van der Waals surface area (Å²) >= 11 is 0. The lowest BCUT2D eigenvalue weighted by Crippen LogP contribution is -2.12. The second-order valence-corrected chi connectivity index (χ2v) is 4.78. The molecule has 104 valence electrons. The summed E-state index contributed by atoms with van der Waals surface area (Å²) in [5.41, 5.74) is 3.68. The summed E-state index contributed by atoms with van der Waals surface area (Å²) in [6.07, 6.45) is 0. The lowest BCUT2D eigenvalue weighted by Gasteiger charge is -2.11. The van der Waals surface area contributed by atoms with Crippen LogP contribution in [0.1, 0.15) is 32.7 Å². The minimum absolute atomic E-state index is 0.185. The van der Waals surface area contributed by atoms with Gasteiger partial charge < -0.3 is 10.4 Å². The maximum Gasteiger partial charge on any atom is 0.339 e. The third kappa shape index (κ3) is 2.93. The molecule has 0 saturated carbocycles. The highest BCUT2D eigenvalue weighted by Crippen LogP contribution is 2.19. The van der Waals surface area contributed by atoms with Crippen molar-refractivity contribution in [3.05, 3.63) is 52.2 Å². The summed E-state index contributed by atoms with van der Waals surface area (Å²) in [5, 5.41) is 20.3. The first-order valence-electron chi connectivity index (χ1n) is 6.35. The molecule has 0 fully saturated rings. The fourth-order valence-electron chi connectivity index (χ4n) is 2.00. The first kappa shape index (κ1) is 14.0. The molecule has 5 nitrogen and oxygen atoms in total. The summed E-state index contributed by atoms with van der Waals surface area (Å²) in [6, 6.07) is 8.01. The second kappa shape index (κ2) is 5.69. The van der Waals surface area contributed by atoms with E-state index >= 15 is 0 Å². The van der Waals surface area contributed by atoms with Crippen LogP contribution in [0.5, 0.6) is 0 Å². The molecule has 0 radical (unpaired) electrons. The lowest BCUT2D eigenvalue weighted by atomic mass is 10.1. The van der Waals surface area contributed by atoms with E-state index in [-0.39, 0.29) is 5.56 Å². The van der Waals surface area contributed by atoms with Crippen LogP contribution in [0.4, 0.5) is 5.82 Å². The molecule has 0 unspecified atom stereocenters. The van der Waals surface area contributed by atoms with Gasteiger partial charge in [0.1, 0.15) is 5.56 Å². The Kier molecular flexibility index (Phi) is 3.98. The number of benzene rings is 1. The maximum atomic E-state index is 11.4. The van der Waals surface area contributed by atoms with Crippen molar-refractivity contribution in [2.75, 3.05) is 5.32 Å². The van der Waals surface area contributed by atoms with Crippen LogP contribution in [0.25, 0.3) is 0 Å². The van der Waals surface area contributed by atoms with Gasteiger partial charge >= 0.3 is 5.97 Å². The van der Waals surface area contributed by atoms with Crippen LogP contribution in [0, 0.1) is 20.8 Å². The molecule has 2 rings (SSSR count). The van der Waals surface area contributed by atoms with Gasteiger partial charge in [-0.05, 0) is 31.9 Å². The van der Waals surface area contributed by atoms with Crippen molar-refractivity contribution in [3.63, 3.8) is 0 Å². The average Bonchev–Trinajstić information content (AvgIpc) is 2.39. The van der Waals surface area contributed by atoms with Gasteiger partial charge in [-0.3, -0.25) is 0 Å². The molecule has 0 aliphatic carbocycles. The third-order valence-electron chi connectivity index (χ3n) is 3.21. The number of carboxylic acids is 1. The highest BCUT2D eigenvalue weighted by atomic mass is 16.4. The minimum Gasteiger partial charge on any atom is -0.478 e. The van der Waals surface area contributed by atoms with Crippen molar-refractivity contribution in [2.24, 2.45) is 0 Å². The number of carboxylic acid groups (broad SMARTS) is 1. The molecule has 1 aromatic heterocycles. The molecule has 2 aromatic rings. The van der Waals surface area contributed by atoms with E-state index in [1.807, 2.05) is 31.2 Å². The number of aryl methyl sites for hydroxylation is 2. The Balaban J connectivity index is 2.26. The smallest absolute Gasteiger partial charge is 0.339 e. The predicted molar refractivity (Wildman–Crippen MR) is 77.0 cm³/mol. The Hall–Kier alpha value is -2.43. The van der Waals surface area contributed by atoms with Crippen molar-refractivity contribution in [2.45, 2.75) is 27.3 Å². The van der Waals surface area contributed by atoms with Crippen molar-refractivity contribution < 1.29 is 9.90 Å². The number of nitrogens with one attached hydrogen (secondary N) is 1. The van der Waals surface area contributed by atoms with E-state index in [0.29, 0.717) is 23.6 Å². The van der Waals surface area contributed by atoms with E-state index < -0.39 is 5.97 Å². The fourth-order valence-corrected chi connectivity index (χ4v) is 2.00. The van der Waals surface area contributed by atoms with Crippen molar-refractivity contribution >= 4 is 11.8 Å². The Labute approximate surface area is 117 Å². The van der Waals surface area contributed by atoms with E-state index in [9.17, 15) is 9.90 Å². The molecule has 2 N–H and O–H groups in total. The number of carbonyl (C=O) groups is 1. The predicted octanol–water partition coefficient (Wildman–Crippen LogP) is 2.71. The summed E-state index contributed by atoms with van der Waals surface area (Å²) in [5.74, 6) is -0.686. The Morgan fingerprint density at radius 1 is 1.25 bits per heavy atom. The largest absolute Gasteiger partial charge is 0.478 e. The third-order valence-corrected chi connectivity index (χ3v) is 3.21. The number of aromatic nitrogens is 2. The van der Waals surface area contributed by atoms with Crippen LogP contribution < -0.4 is 5.32 Å². The monoisotopic (exact) mass is 271 g/mol. The molecule has 0 bridgehead atoms. The average molecular weight is 271 g/mol. The topological polar surface area (TPSA) is 75.1 Å². The molecule has 0 saturated heterocycles. The Morgan fingerprint density at radius 2 is 2.00 bits per heavy atom. The lowest BCUT2D eigenvalue weighted by molar-refractivity contribution is 0.0696. The molecule has 0 spiro atoms. The van der Waals surface area contributed by atoms with Gasteiger partial charge in [-0.25, -0.2) is 4.79 Å². The highest BCUT2D eigenvalue weighted by Gasteiger charge is 2.17. The molecular weight excluding hydrogens is 254 g/mol. The van der Waals surface area contributed by atoms with Crippen LogP contribution in [0.3, 0.4) is 0 Å². The van der Waals surface area contributed by atoms with Crippen molar-refractivity contribution in [3.8, 4) is 0 Å². The molecule has 0 atom stereocenters. The van der Waals surface area contributed by atoms with Gasteiger partial charge in [0.2, 0.25) is 0 Å². The SMILES string of the molecule is Cc1cccc(CNc2nnc(C)c(C)c2C(=O)O)c1. The molecule has 0 amide bonds. The number of aromatic carboxylic acids is 1. The zero-order chi connectivity index (χ0) is 14.7. The van der Waals surface area contributed by atoms with Crippen molar-refractivity contribution in [1.29, 1.82) is 0 Å². The van der Waals surface area contributed by atoms with Crippen LogP contribution in [-0.2, 0) is 6.54 Å². The molecule has 0 aliphatic heterocycles. The number of rotatable bonds is 4. The zero-order valence-electron chi connectivity index (χ0n) is 11.8. The van der Waals surface area contributed by atoms with Crippen LogP contribution in [0.2, 0.25) is 0 Å².